The summed E-state index contributed by atoms with van der Waals surface area (Å²) in [6.07, 6.45) is 1.60. The fraction of sp³-hybridized carbons (Fsp3) is 0.286. The minimum atomic E-state index is -0.913. The van der Waals surface area contributed by atoms with Crippen molar-refractivity contribution in [1.82, 2.24) is 10.3 Å². The first-order valence-electron chi connectivity index (χ1n) is 6.13. The molecule has 1 unspecified atom stereocenters. The fourth-order valence-electron chi connectivity index (χ4n) is 1.76. The van der Waals surface area contributed by atoms with Gasteiger partial charge in [-0.3, -0.25) is 9.00 Å². The van der Waals surface area contributed by atoms with Crippen molar-refractivity contribution in [2.24, 2.45) is 0 Å². The Balaban J connectivity index is 2.15. The molecular weight excluding hydrogens is 276 g/mol. The zero-order chi connectivity index (χ0) is 14.5. The van der Waals surface area contributed by atoms with Crippen molar-refractivity contribution < 1.29 is 13.7 Å². The van der Waals surface area contributed by atoms with Gasteiger partial charge >= 0.3 is 0 Å². The Bertz CT molecular complexity index is 658. The maximum atomic E-state index is 11.9. The molecule has 0 saturated carbocycles. The van der Waals surface area contributed by atoms with E-state index in [1.54, 1.807) is 25.5 Å². The highest BCUT2D eigenvalue weighted by atomic mass is 32.2. The van der Waals surface area contributed by atoms with Crippen LogP contribution in [0, 0.1) is 0 Å². The van der Waals surface area contributed by atoms with Gasteiger partial charge in [0.2, 0.25) is 0 Å². The highest BCUT2D eigenvalue weighted by molar-refractivity contribution is 7.84. The molecule has 1 heterocycles. The van der Waals surface area contributed by atoms with Crippen LogP contribution < -0.4 is 10.1 Å². The van der Waals surface area contributed by atoms with E-state index < -0.39 is 10.8 Å². The molecule has 0 aliphatic heterocycles. The number of nitrogens with one attached hydrogen (secondary N) is 1. The van der Waals surface area contributed by atoms with Gasteiger partial charge < -0.3 is 10.1 Å². The number of methoxy groups -OCH3 is 1. The Morgan fingerprint density at radius 3 is 2.85 bits per heavy atom. The van der Waals surface area contributed by atoms with E-state index in [0.717, 1.165) is 16.7 Å². The Morgan fingerprint density at radius 2 is 2.15 bits per heavy atom. The molecule has 1 aromatic heterocycles. The van der Waals surface area contributed by atoms with Gasteiger partial charge in [0, 0.05) is 34.7 Å². The lowest BCUT2D eigenvalue weighted by Crippen LogP contribution is -2.28. The Kier molecular flexibility index (Phi) is 4.68. The summed E-state index contributed by atoms with van der Waals surface area (Å²) in [5.41, 5.74) is 1.09. The second kappa shape index (κ2) is 6.47. The average Bonchev–Trinajstić information content (AvgIpc) is 2.45. The van der Waals surface area contributed by atoms with Crippen molar-refractivity contribution in [2.75, 3.05) is 25.7 Å². The van der Waals surface area contributed by atoms with Crippen LogP contribution in [0.1, 0.15) is 10.5 Å². The lowest BCUT2D eigenvalue weighted by atomic mass is 10.2. The summed E-state index contributed by atoms with van der Waals surface area (Å²) in [4.78, 5) is 16.2. The predicted octanol–water partition coefficient (Wildman–Crippen LogP) is 1.35. The van der Waals surface area contributed by atoms with Crippen LogP contribution in [-0.2, 0) is 10.8 Å². The zero-order valence-corrected chi connectivity index (χ0v) is 12.2. The molecule has 0 saturated heterocycles. The van der Waals surface area contributed by atoms with E-state index in [2.05, 4.69) is 10.3 Å². The molecule has 5 nitrogen and oxygen atoms in total. The predicted molar refractivity (Wildman–Crippen MR) is 79.6 cm³/mol. The Morgan fingerprint density at radius 1 is 1.35 bits per heavy atom. The first-order chi connectivity index (χ1) is 9.60. The number of rotatable bonds is 5. The van der Waals surface area contributed by atoms with Crippen LogP contribution in [0.2, 0.25) is 0 Å². The van der Waals surface area contributed by atoms with Crippen LogP contribution in [-0.4, -0.2) is 40.8 Å². The van der Waals surface area contributed by atoms with Gasteiger partial charge in [0.1, 0.15) is 11.4 Å². The van der Waals surface area contributed by atoms with Crippen molar-refractivity contribution in [2.45, 2.75) is 0 Å². The molecule has 1 amide bonds. The number of hydrogen-bond donors (Lipinski definition) is 1. The third-order valence-electron chi connectivity index (χ3n) is 2.80. The van der Waals surface area contributed by atoms with E-state index in [4.69, 9.17) is 4.74 Å². The second-order valence-corrected chi connectivity index (χ2v) is 5.84. The monoisotopic (exact) mass is 292 g/mol. The van der Waals surface area contributed by atoms with Crippen LogP contribution >= 0.6 is 0 Å². The SMILES string of the molecule is COc1ccc2nc(C(=O)NCCS(C)=O)ccc2c1. The molecule has 0 aliphatic carbocycles. The summed E-state index contributed by atoms with van der Waals surface area (Å²) in [5, 5.41) is 3.61. The standard InChI is InChI=1S/C14H16N2O3S/c1-19-11-4-6-12-10(9-11)3-5-13(16-12)14(17)15-7-8-20(2)18/h3-6,9H,7-8H2,1-2H3,(H,15,17). The average molecular weight is 292 g/mol. The first kappa shape index (κ1) is 14.5. The van der Waals surface area contributed by atoms with Gasteiger partial charge in [0.25, 0.3) is 5.91 Å². The normalized spacial score (nSPS) is 12.1. The van der Waals surface area contributed by atoms with Crippen molar-refractivity contribution in [1.29, 1.82) is 0 Å². The van der Waals surface area contributed by atoms with E-state index >= 15 is 0 Å². The molecule has 1 aromatic carbocycles. The van der Waals surface area contributed by atoms with Gasteiger partial charge in [-0.05, 0) is 24.3 Å². The van der Waals surface area contributed by atoms with Gasteiger partial charge in [-0.15, -0.1) is 0 Å². The molecule has 106 valence electrons. The molecule has 2 aromatic rings. The summed E-state index contributed by atoms with van der Waals surface area (Å²) >= 11 is 0. The molecular formula is C14H16N2O3S. The number of aromatic nitrogens is 1. The van der Waals surface area contributed by atoms with E-state index in [-0.39, 0.29) is 5.91 Å². The van der Waals surface area contributed by atoms with Crippen LogP contribution in [0.5, 0.6) is 5.75 Å². The molecule has 20 heavy (non-hydrogen) atoms. The second-order valence-electron chi connectivity index (χ2n) is 4.29. The maximum absolute atomic E-state index is 11.9. The number of nitrogens with zero attached hydrogens (tertiary/aromatic N) is 1. The molecule has 0 bridgehead atoms. The molecule has 1 atom stereocenters. The van der Waals surface area contributed by atoms with Gasteiger partial charge in [-0.2, -0.15) is 0 Å². The topological polar surface area (TPSA) is 68.3 Å². The smallest absolute Gasteiger partial charge is 0.269 e. The van der Waals surface area contributed by atoms with Gasteiger partial charge in [0.05, 0.1) is 12.6 Å². The third kappa shape index (κ3) is 3.54. The summed E-state index contributed by atoms with van der Waals surface area (Å²) in [7, 11) is 0.692. The van der Waals surface area contributed by atoms with Crippen LogP contribution in [0.25, 0.3) is 10.9 Å². The van der Waals surface area contributed by atoms with Crippen molar-refractivity contribution in [3.8, 4) is 5.75 Å². The lowest BCUT2D eigenvalue weighted by molar-refractivity contribution is 0.0951. The van der Waals surface area contributed by atoms with Gasteiger partial charge in [0.15, 0.2) is 0 Å². The maximum Gasteiger partial charge on any atom is 0.269 e. The number of ether oxygens (including phenoxy) is 1. The van der Waals surface area contributed by atoms with E-state index in [0.29, 0.717) is 18.0 Å². The third-order valence-corrected chi connectivity index (χ3v) is 3.58. The van der Waals surface area contributed by atoms with Crippen molar-refractivity contribution in [3.63, 3.8) is 0 Å². The molecule has 0 spiro atoms. The minimum absolute atomic E-state index is 0.256. The zero-order valence-electron chi connectivity index (χ0n) is 11.4. The van der Waals surface area contributed by atoms with Crippen molar-refractivity contribution >= 4 is 27.6 Å². The molecule has 6 heteroatoms. The van der Waals surface area contributed by atoms with E-state index in [1.165, 1.54) is 0 Å². The van der Waals surface area contributed by atoms with Crippen LogP contribution in [0.15, 0.2) is 30.3 Å². The van der Waals surface area contributed by atoms with Crippen LogP contribution in [0.4, 0.5) is 0 Å². The largest absolute Gasteiger partial charge is 0.497 e. The Labute approximate surface area is 119 Å². The number of benzene rings is 1. The Hall–Kier alpha value is -1.95. The minimum Gasteiger partial charge on any atom is -0.497 e. The number of fused-ring (bicyclic) bond motifs is 1. The van der Waals surface area contributed by atoms with Gasteiger partial charge in [-0.1, -0.05) is 6.07 Å². The first-order valence-corrected chi connectivity index (χ1v) is 7.86. The summed E-state index contributed by atoms with van der Waals surface area (Å²) in [6, 6.07) is 8.98. The number of carbonyl (C=O) groups excluding carboxylic acids is 1. The van der Waals surface area contributed by atoms with Crippen molar-refractivity contribution in [3.05, 3.63) is 36.0 Å². The van der Waals surface area contributed by atoms with E-state index in [9.17, 15) is 9.00 Å². The molecule has 0 fully saturated rings. The fourth-order valence-corrected chi connectivity index (χ4v) is 2.15. The van der Waals surface area contributed by atoms with Gasteiger partial charge in [-0.25, -0.2) is 4.98 Å². The molecule has 0 radical (unpaired) electrons. The lowest BCUT2D eigenvalue weighted by Gasteiger charge is -2.06. The highest BCUT2D eigenvalue weighted by Gasteiger charge is 2.08. The summed E-state index contributed by atoms with van der Waals surface area (Å²) in [5.74, 6) is 0.936. The molecule has 2 rings (SSSR count). The van der Waals surface area contributed by atoms with Crippen LogP contribution in [0.3, 0.4) is 0 Å². The molecule has 1 N–H and O–H groups in total. The summed E-state index contributed by atoms with van der Waals surface area (Å²) < 4.78 is 16.1. The quantitative estimate of drug-likeness (QED) is 0.903. The summed E-state index contributed by atoms with van der Waals surface area (Å²) in [6.45, 7) is 0.379. The number of pyridine rings is 1. The number of hydrogen-bond acceptors (Lipinski definition) is 4. The highest BCUT2D eigenvalue weighted by Crippen LogP contribution is 2.19. The number of amides is 1. The molecule has 0 aliphatic rings. The van der Waals surface area contributed by atoms with E-state index in [1.807, 2.05) is 18.2 Å². The number of carbonyl (C=O) groups is 1.